The molecule has 2 aliphatic heterocycles. The Labute approximate surface area is 111 Å². The number of likely N-dealkylation sites (tertiary alicyclic amines) is 1. The number of nitrogens with one attached hydrogen (secondary N) is 1. The maximum atomic E-state index is 10.1. The number of hydrogen-bond donors (Lipinski definition) is 2. The van der Waals surface area contributed by atoms with Gasteiger partial charge in [-0.05, 0) is 38.1 Å². The first-order valence-corrected chi connectivity index (χ1v) is 7.29. The Balaban J connectivity index is 1.92. The molecule has 1 atom stereocenters. The van der Waals surface area contributed by atoms with Gasteiger partial charge in [-0.3, -0.25) is 4.90 Å². The van der Waals surface area contributed by atoms with Gasteiger partial charge in [-0.1, -0.05) is 6.92 Å². The van der Waals surface area contributed by atoms with Gasteiger partial charge < -0.3 is 15.2 Å². The van der Waals surface area contributed by atoms with E-state index >= 15 is 0 Å². The summed E-state index contributed by atoms with van der Waals surface area (Å²) in [4.78, 5) is 2.43. The molecule has 2 saturated heterocycles. The molecule has 2 aliphatic rings. The molecular formula is C14H28N2O2. The second kappa shape index (κ2) is 5.87. The van der Waals surface area contributed by atoms with E-state index in [0.29, 0.717) is 5.41 Å². The number of nitrogens with zero attached hydrogens (tertiary/aromatic N) is 1. The second-order valence-corrected chi connectivity index (χ2v) is 6.35. The van der Waals surface area contributed by atoms with Crippen molar-refractivity contribution in [3.05, 3.63) is 0 Å². The monoisotopic (exact) mass is 256 g/mol. The highest BCUT2D eigenvalue weighted by Gasteiger charge is 2.38. The highest BCUT2D eigenvalue weighted by atomic mass is 16.5. The van der Waals surface area contributed by atoms with Crippen molar-refractivity contribution < 1.29 is 9.84 Å². The number of rotatable bonds is 5. The van der Waals surface area contributed by atoms with Gasteiger partial charge in [0.25, 0.3) is 0 Å². The molecule has 0 aromatic carbocycles. The van der Waals surface area contributed by atoms with Crippen LogP contribution in [0.1, 0.15) is 33.1 Å². The molecular weight excluding hydrogens is 228 g/mol. The maximum absolute atomic E-state index is 10.1. The smallest absolute Gasteiger partial charge is 0.0758 e. The van der Waals surface area contributed by atoms with Crippen LogP contribution in [0.4, 0.5) is 0 Å². The fraction of sp³-hybridized carbons (Fsp3) is 1.00. The van der Waals surface area contributed by atoms with Crippen LogP contribution in [0.25, 0.3) is 0 Å². The van der Waals surface area contributed by atoms with Crippen LogP contribution in [-0.2, 0) is 4.74 Å². The van der Waals surface area contributed by atoms with Gasteiger partial charge in [0.1, 0.15) is 0 Å². The molecule has 0 radical (unpaired) electrons. The quantitative estimate of drug-likeness (QED) is 0.765. The van der Waals surface area contributed by atoms with Crippen LogP contribution in [0.15, 0.2) is 0 Å². The average Bonchev–Trinajstić information content (AvgIpc) is 2.67. The van der Waals surface area contributed by atoms with Gasteiger partial charge in [0.15, 0.2) is 0 Å². The van der Waals surface area contributed by atoms with Crippen molar-refractivity contribution in [1.82, 2.24) is 10.2 Å². The van der Waals surface area contributed by atoms with E-state index in [-0.39, 0.29) is 0 Å². The van der Waals surface area contributed by atoms with Gasteiger partial charge in [-0.25, -0.2) is 0 Å². The van der Waals surface area contributed by atoms with Gasteiger partial charge >= 0.3 is 0 Å². The van der Waals surface area contributed by atoms with Gasteiger partial charge in [0.2, 0.25) is 0 Å². The van der Waals surface area contributed by atoms with Crippen LogP contribution >= 0.6 is 0 Å². The summed E-state index contributed by atoms with van der Waals surface area (Å²) in [7, 11) is 0. The van der Waals surface area contributed by atoms with E-state index in [1.54, 1.807) is 0 Å². The molecule has 2 heterocycles. The van der Waals surface area contributed by atoms with E-state index in [1.165, 1.54) is 0 Å². The lowest BCUT2D eigenvalue weighted by Gasteiger charge is -2.40. The lowest BCUT2D eigenvalue weighted by atomic mass is 9.79. The van der Waals surface area contributed by atoms with E-state index in [2.05, 4.69) is 17.1 Å². The molecule has 18 heavy (non-hydrogen) atoms. The van der Waals surface area contributed by atoms with Crippen molar-refractivity contribution in [2.75, 3.05) is 45.9 Å². The highest BCUT2D eigenvalue weighted by Crippen LogP contribution is 2.33. The molecule has 0 aromatic heterocycles. The molecule has 0 aliphatic carbocycles. The summed E-state index contributed by atoms with van der Waals surface area (Å²) in [5, 5.41) is 13.6. The van der Waals surface area contributed by atoms with Crippen LogP contribution in [0.3, 0.4) is 0 Å². The molecule has 2 N–H and O–H groups in total. The number of β-amino-alcohol motifs (C(OH)–C–C–N with tert-alkyl or cyclic N) is 1. The van der Waals surface area contributed by atoms with Crippen LogP contribution in [-0.4, -0.2) is 61.5 Å². The number of ether oxygens (including phenoxy) is 1. The first-order chi connectivity index (χ1) is 8.55. The maximum Gasteiger partial charge on any atom is 0.0758 e. The molecule has 0 saturated carbocycles. The lowest BCUT2D eigenvalue weighted by Crippen LogP contribution is -2.47. The molecule has 2 fully saturated rings. The summed E-state index contributed by atoms with van der Waals surface area (Å²) in [6, 6.07) is 0. The highest BCUT2D eigenvalue weighted by molar-refractivity contribution is 4.92. The largest absolute Gasteiger partial charge is 0.389 e. The number of hydrogen-bond acceptors (Lipinski definition) is 4. The van der Waals surface area contributed by atoms with Gasteiger partial charge in [0, 0.05) is 39.4 Å². The van der Waals surface area contributed by atoms with Gasteiger partial charge in [-0.15, -0.1) is 0 Å². The fourth-order valence-electron chi connectivity index (χ4n) is 3.23. The third-order valence-corrected chi connectivity index (χ3v) is 4.39. The van der Waals surface area contributed by atoms with Crippen molar-refractivity contribution in [2.24, 2.45) is 5.41 Å². The molecule has 106 valence electrons. The topological polar surface area (TPSA) is 44.7 Å². The molecule has 2 rings (SSSR count). The first-order valence-electron chi connectivity index (χ1n) is 7.29. The van der Waals surface area contributed by atoms with Crippen LogP contribution in [0, 0.1) is 5.41 Å². The molecule has 4 nitrogen and oxygen atoms in total. The van der Waals surface area contributed by atoms with Crippen molar-refractivity contribution in [3.8, 4) is 0 Å². The van der Waals surface area contributed by atoms with Gasteiger partial charge in [0.05, 0.1) is 5.60 Å². The fourth-order valence-corrected chi connectivity index (χ4v) is 3.23. The van der Waals surface area contributed by atoms with Crippen LogP contribution < -0.4 is 5.32 Å². The minimum absolute atomic E-state index is 0.342. The molecule has 1 unspecified atom stereocenters. The Morgan fingerprint density at radius 3 is 2.56 bits per heavy atom. The van der Waals surface area contributed by atoms with Crippen molar-refractivity contribution >= 4 is 0 Å². The predicted octanol–water partition coefficient (Wildman–Crippen LogP) is 0.849. The Morgan fingerprint density at radius 2 is 2.00 bits per heavy atom. The standard InChI is InChI=1S/C14H28N2O2/c1-3-15-10-14(5-8-18-9-6-14)12-16-7-4-13(2,17)11-16/h15,17H,3-12H2,1-2H3. The summed E-state index contributed by atoms with van der Waals surface area (Å²) >= 11 is 0. The molecule has 0 aromatic rings. The summed E-state index contributed by atoms with van der Waals surface area (Å²) in [5.41, 5.74) is -0.140. The minimum atomic E-state index is -0.482. The Hall–Kier alpha value is -0.160. The summed E-state index contributed by atoms with van der Waals surface area (Å²) in [6.07, 6.45) is 3.18. The Kier molecular flexibility index (Phi) is 4.64. The minimum Gasteiger partial charge on any atom is -0.389 e. The van der Waals surface area contributed by atoms with E-state index in [4.69, 9.17) is 4.74 Å². The van der Waals surface area contributed by atoms with Crippen molar-refractivity contribution in [3.63, 3.8) is 0 Å². The van der Waals surface area contributed by atoms with Crippen LogP contribution in [0.2, 0.25) is 0 Å². The molecule has 0 bridgehead atoms. The third-order valence-electron chi connectivity index (χ3n) is 4.39. The molecule has 0 spiro atoms. The Bertz CT molecular complexity index is 263. The van der Waals surface area contributed by atoms with Gasteiger partial charge in [-0.2, -0.15) is 0 Å². The number of aliphatic hydroxyl groups is 1. The predicted molar refractivity (Wildman–Crippen MR) is 72.7 cm³/mol. The average molecular weight is 256 g/mol. The zero-order valence-corrected chi connectivity index (χ0v) is 11.9. The van der Waals surface area contributed by atoms with E-state index in [0.717, 1.165) is 65.2 Å². The van der Waals surface area contributed by atoms with Crippen molar-refractivity contribution in [1.29, 1.82) is 0 Å². The zero-order valence-electron chi connectivity index (χ0n) is 11.9. The molecule has 0 amide bonds. The first kappa shape index (κ1) is 14.3. The van der Waals surface area contributed by atoms with E-state index in [1.807, 2.05) is 6.92 Å². The SMILES string of the molecule is CCNCC1(CN2CCC(C)(O)C2)CCOCC1. The summed E-state index contributed by atoms with van der Waals surface area (Å²) in [6.45, 7) is 10.9. The van der Waals surface area contributed by atoms with Crippen LogP contribution in [0.5, 0.6) is 0 Å². The Morgan fingerprint density at radius 1 is 1.28 bits per heavy atom. The molecule has 4 heteroatoms. The van der Waals surface area contributed by atoms with Crippen molar-refractivity contribution in [2.45, 2.75) is 38.7 Å². The lowest BCUT2D eigenvalue weighted by molar-refractivity contribution is -0.00599. The summed E-state index contributed by atoms with van der Waals surface area (Å²) in [5.74, 6) is 0. The third kappa shape index (κ3) is 3.67. The zero-order chi connectivity index (χ0) is 13.1. The normalized spacial score (nSPS) is 32.8. The second-order valence-electron chi connectivity index (χ2n) is 6.35. The summed E-state index contributed by atoms with van der Waals surface area (Å²) < 4.78 is 5.51. The van der Waals surface area contributed by atoms with E-state index < -0.39 is 5.60 Å². The van der Waals surface area contributed by atoms with E-state index in [9.17, 15) is 5.11 Å².